The lowest BCUT2D eigenvalue weighted by atomic mass is 10.1. The molecular weight excluding hydrogens is 441 g/mol. The van der Waals surface area contributed by atoms with Crippen LogP contribution < -0.4 is 9.62 Å². The van der Waals surface area contributed by atoms with E-state index in [9.17, 15) is 21.6 Å². The summed E-state index contributed by atoms with van der Waals surface area (Å²) in [7, 11) is -0.734. The van der Waals surface area contributed by atoms with Gasteiger partial charge in [-0.15, -0.1) is 0 Å². The third kappa shape index (κ3) is 3.61. The molecule has 1 spiro atoms. The van der Waals surface area contributed by atoms with Crippen LogP contribution in [0.4, 0.5) is 24.7 Å². The summed E-state index contributed by atoms with van der Waals surface area (Å²) in [6.07, 6.45) is 1.86. The Bertz CT molecular complexity index is 1120. The number of anilines is 2. The lowest BCUT2D eigenvalue weighted by Gasteiger charge is -2.22. The Morgan fingerprint density at radius 1 is 1.30 bits per heavy atom. The lowest BCUT2D eigenvalue weighted by Crippen LogP contribution is -2.26. The predicted molar refractivity (Wildman–Crippen MR) is 108 cm³/mol. The number of aromatic nitrogens is 1. The van der Waals surface area contributed by atoms with E-state index in [1.165, 1.54) is 6.07 Å². The van der Waals surface area contributed by atoms with Crippen LogP contribution >= 0.6 is 11.6 Å². The Morgan fingerprint density at radius 2 is 2.03 bits per heavy atom. The van der Waals surface area contributed by atoms with E-state index in [0.29, 0.717) is 19.1 Å². The van der Waals surface area contributed by atoms with Gasteiger partial charge in [-0.2, -0.15) is 4.39 Å². The van der Waals surface area contributed by atoms with Gasteiger partial charge in [0.25, 0.3) is 10.0 Å². The Hall–Kier alpha value is -2.04. The zero-order valence-electron chi connectivity index (χ0n) is 16.3. The summed E-state index contributed by atoms with van der Waals surface area (Å²) >= 11 is 6.14. The Labute approximate surface area is 177 Å². The summed E-state index contributed by atoms with van der Waals surface area (Å²) in [6, 6.07) is 4.72. The van der Waals surface area contributed by atoms with Gasteiger partial charge in [0, 0.05) is 30.6 Å². The highest BCUT2D eigenvalue weighted by Crippen LogP contribution is 2.56. The van der Waals surface area contributed by atoms with Gasteiger partial charge in [-0.05, 0) is 39.1 Å². The first-order valence-electron chi connectivity index (χ1n) is 9.28. The van der Waals surface area contributed by atoms with Crippen LogP contribution in [0.25, 0.3) is 0 Å². The molecule has 11 heteroatoms. The quantitative estimate of drug-likeness (QED) is 0.546. The van der Waals surface area contributed by atoms with E-state index in [1.54, 1.807) is 4.90 Å². The molecule has 1 N–H and O–H groups in total. The maximum Gasteiger partial charge on any atom is 0.268 e. The number of halogens is 4. The highest BCUT2D eigenvalue weighted by atomic mass is 35.5. The second kappa shape index (κ2) is 7.28. The minimum atomic E-state index is -4.72. The molecule has 1 saturated carbocycles. The summed E-state index contributed by atoms with van der Waals surface area (Å²) in [5.41, 5.74) is 0.186. The molecule has 0 unspecified atom stereocenters. The molecule has 2 aromatic rings. The Morgan fingerprint density at radius 3 is 2.67 bits per heavy atom. The van der Waals surface area contributed by atoms with Gasteiger partial charge >= 0.3 is 0 Å². The van der Waals surface area contributed by atoms with Gasteiger partial charge in [-0.3, -0.25) is 4.72 Å². The van der Waals surface area contributed by atoms with Crippen LogP contribution in [-0.4, -0.2) is 51.5 Å². The van der Waals surface area contributed by atoms with Crippen molar-refractivity contribution < 1.29 is 21.6 Å². The molecule has 1 saturated heterocycles. The molecule has 0 amide bonds. The largest absolute Gasteiger partial charge is 0.370 e. The normalized spacial score (nSPS) is 23.4. The molecule has 30 heavy (non-hydrogen) atoms. The van der Waals surface area contributed by atoms with Crippen molar-refractivity contribution in [2.24, 2.45) is 5.41 Å². The number of pyridine rings is 1. The molecule has 6 nitrogen and oxygen atoms in total. The zero-order valence-corrected chi connectivity index (χ0v) is 17.9. The highest BCUT2D eigenvalue weighted by molar-refractivity contribution is 7.92. The smallest absolute Gasteiger partial charge is 0.268 e. The van der Waals surface area contributed by atoms with Gasteiger partial charge in [0.2, 0.25) is 5.95 Å². The average molecular weight is 461 g/mol. The first-order chi connectivity index (χ1) is 14.0. The minimum Gasteiger partial charge on any atom is -0.370 e. The summed E-state index contributed by atoms with van der Waals surface area (Å²) in [5.74, 6) is -4.02. The molecular formula is C19H20ClF3N4O2S. The van der Waals surface area contributed by atoms with Crippen LogP contribution in [0, 0.1) is 23.0 Å². The predicted octanol–water partition coefficient (Wildman–Crippen LogP) is 3.48. The van der Waals surface area contributed by atoms with Gasteiger partial charge in [0.05, 0.1) is 5.69 Å². The first kappa shape index (κ1) is 21.2. The van der Waals surface area contributed by atoms with Crippen LogP contribution in [0.2, 0.25) is 5.02 Å². The van der Waals surface area contributed by atoms with Gasteiger partial charge in [-0.25, -0.2) is 22.2 Å². The van der Waals surface area contributed by atoms with Crippen LogP contribution in [-0.2, 0) is 10.0 Å². The van der Waals surface area contributed by atoms with Crippen LogP contribution in [0.1, 0.15) is 12.8 Å². The summed E-state index contributed by atoms with van der Waals surface area (Å²) in [6.45, 7) is 1.16. The van der Waals surface area contributed by atoms with Crippen LogP contribution in [0.15, 0.2) is 29.2 Å². The fraction of sp³-hybridized carbons (Fsp3) is 0.421. The number of nitrogens with zero attached hydrogens (tertiary/aromatic N) is 3. The van der Waals surface area contributed by atoms with Crippen molar-refractivity contribution in [3.8, 4) is 0 Å². The Kier molecular flexibility index (Phi) is 5.14. The van der Waals surface area contributed by atoms with Gasteiger partial charge < -0.3 is 9.80 Å². The fourth-order valence-corrected chi connectivity index (χ4v) is 5.76. The van der Waals surface area contributed by atoms with Crippen molar-refractivity contribution in [3.05, 3.63) is 46.9 Å². The maximum absolute atomic E-state index is 14.9. The number of hydrogen-bond donors (Lipinski definition) is 1. The Balaban J connectivity index is 1.64. The SMILES string of the molecule is CN(C)[C@H]1C[C@]12CCN(c1cc(F)c(S(=O)(=O)Nc3cccc(F)n3)c(F)c1Cl)C2. The number of rotatable bonds is 5. The lowest BCUT2D eigenvalue weighted by molar-refractivity contribution is 0.335. The molecule has 1 aromatic carbocycles. The molecule has 2 fully saturated rings. The molecule has 2 atom stereocenters. The van der Waals surface area contributed by atoms with Gasteiger partial charge in [0.15, 0.2) is 10.7 Å². The first-order valence-corrected chi connectivity index (χ1v) is 11.1. The maximum atomic E-state index is 14.9. The van der Waals surface area contributed by atoms with Crippen LogP contribution in [0.5, 0.6) is 0 Å². The van der Waals surface area contributed by atoms with Crippen molar-refractivity contribution in [2.75, 3.05) is 36.8 Å². The second-order valence-corrected chi connectivity index (χ2v) is 10.0. The third-order valence-corrected chi connectivity index (χ3v) is 7.57. The van der Waals surface area contributed by atoms with E-state index in [2.05, 4.69) is 9.88 Å². The van der Waals surface area contributed by atoms with E-state index in [1.807, 2.05) is 18.8 Å². The average Bonchev–Trinajstić information content (AvgIpc) is 3.19. The standard InChI is InChI=1S/C19H20ClF3N4O2S/c1-26(2)13-9-19(13)6-7-27(10-19)12-8-11(21)18(17(23)16(12)20)30(28,29)25-15-5-3-4-14(22)24-15/h3-5,8,13H,6-7,9-10H2,1-2H3,(H,24,25)/t13-,19-/m0/s1. The van der Waals surface area contributed by atoms with Crippen molar-refractivity contribution in [2.45, 2.75) is 23.8 Å². The molecule has 4 rings (SSSR count). The van der Waals surface area contributed by atoms with Crippen molar-refractivity contribution >= 4 is 33.1 Å². The number of nitrogens with one attached hydrogen (secondary N) is 1. The van der Waals surface area contributed by atoms with Crippen molar-refractivity contribution in [1.29, 1.82) is 0 Å². The van der Waals surface area contributed by atoms with Crippen molar-refractivity contribution in [3.63, 3.8) is 0 Å². The molecule has 1 aliphatic heterocycles. The molecule has 1 aliphatic carbocycles. The van der Waals surface area contributed by atoms with E-state index >= 15 is 0 Å². The van der Waals surface area contributed by atoms with E-state index in [-0.39, 0.29) is 11.1 Å². The summed E-state index contributed by atoms with van der Waals surface area (Å²) in [5, 5.41) is -0.469. The summed E-state index contributed by atoms with van der Waals surface area (Å²) in [4.78, 5) is 6.04. The minimum absolute atomic E-state index is 0.0646. The van der Waals surface area contributed by atoms with E-state index < -0.39 is 43.3 Å². The second-order valence-electron chi connectivity index (χ2n) is 8.00. The number of hydrogen-bond acceptors (Lipinski definition) is 5. The highest BCUT2D eigenvalue weighted by Gasteiger charge is 2.58. The number of benzene rings is 1. The zero-order chi connectivity index (χ0) is 21.8. The molecule has 0 bridgehead atoms. The van der Waals surface area contributed by atoms with Crippen molar-refractivity contribution in [1.82, 2.24) is 9.88 Å². The van der Waals surface area contributed by atoms with Crippen LogP contribution in [0.3, 0.4) is 0 Å². The topological polar surface area (TPSA) is 65.5 Å². The molecule has 0 radical (unpaired) electrons. The number of sulfonamides is 1. The monoisotopic (exact) mass is 460 g/mol. The fourth-order valence-electron chi connectivity index (χ4n) is 4.29. The third-order valence-electron chi connectivity index (χ3n) is 5.82. The van der Waals surface area contributed by atoms with Gasteiger partial charge in [-0.1, -0.05) is 17.7 Å². The molecule has 162 valence electrons. The van der Waals surface area contributed by atoms with E-state index in [0.717, 1.165) is 31.0 Å². The van der Waals surface area contributed by atoms with E-state index in [4.69, 9.17) is 11.6 Å². The summed E-state index contributed by atoms with van der Waals surface area (Å²) < 4.78 is 69.9. The van der Waals surface area contributed by atoms with Gasteiger partial charge in [0.1, 0.15) is 16.7 Å². The molecule has 1 aromatic heterocycles. The molecule has 2 aliphatic rings. The molecule has 2 heterocycles.